The van der Waals surface area contributed by atoms with Crippen LogP contribution in [0.3, 0.4) is 0 Å². The predicted octanol–water partition coefficient (Wildman–Crippen LogP) is 0.965. The summed E-state index contributed by atoms with van der Waals surface area (Å²) in [4.78, 5) is 20.8. The number of nitrogens with zero attached hydrogens (tertiary/aromatic N) is 1. The molecule has 0 atom stereocenters. The van der Waals surface area contributed by atoms with E-state index >= 15 is 0 Å². The molecule has 0 aromatic heterocycles. The van der Waals surface area contributed by atoms with Crippen molar-refractivity contribution < 1.29 is 14.8 Å². The molecule has 6 heteroatoms. The monoisotopic (exact) mass is 262 g/mol. The number of nitro groups is 1. The molecule has 100 valence electrons. The maximum atomic E-state index is 10.8. The summed E-state index contributed by atoms with van der Waals surface area (Å²) < 4.78 is 0. The fraction of sp³-hybridized carbons (Fsp3) is 0.308. The molecule has 0 aliphatic rings. The molecule has 2 N–H and O–H groups in total. The van der Waals surface area contributed by atoms with Crippen molar-refractivity contribution in [2.24, 2.45) is 0 Å². The van der Waals surface area contributed by atoms with Crippen LogP contribution in [-0.2, 0) is 11.4 Å². The minimum atomic E-state index is -0.548. The Bertz CT molecular complexity index is 543. The highest BCUT2D eigenvalue weighted by molar-refractivity contribution is 5.72. The molecular formula is C13H14N2O4. The maximum absolute atomic E-state index is 10.8. The molecule has 19 heavy (non-hydrogen) atoms. The molecule has 1 aromatic carbocycles. The lowest BCUT2D eigenvalue weighted by atomic mass is 10.1. The number of aliphatic hydroxyl groups is 1. The van der Waals surface area contributed by atoms with Gasteiger partial charge in [-0.05, 0) is 12.1 Å². The molecule has 0 saturated carbocycles. The third-order valence-corrected chi connectivity index (χ3v) is 2.31. The van der Waals surface area contributed by atoms with Crippen molar-refractivity contribution in [3.63, 3.8) is 0 Å². The lowest BCUT2D eigenvalue weighted by molar-refractivity contribution is -0.385. The minimum absolute atomic E-state index is 0.121. The summed E-state index contributed by atoms with van der Waals surface area (Å²) in [6.07, 6.45) is 0.467. The SMILES string of the molecule is CC(=O)NCCC#Cc1ccc(CO)c([N+](=O)[O-])c1. The van der Waals surface area contributed by atoms with Crippen LogP contribution in [0.1, 0.15) is 24.5 Å². The van der Waals surface area contributed by atoms with E-state index in [-0.39, 0.29) is 23.8 Å². The molecule has 0 unspecified atom stereocenters. The Labute approximate surface area is 110 Å². The number of nitro benzene ring substituents is 1. The van der Waals surface area contributed by atoms with Crippen molar-refractivity contribution in [2.45, 2.75) is 20.0 Å². The number of hydrogen-bond acceptors (Lipinski definition) is 4. The lowest BCUT2D eigenvalue weighted by Gasteiger charge is -1.99. The number of benzene rings is 1. The van der Waals surface area contributed by atoms with E-state index in [9.17, 15) is 14.9 Å². The second kappa shape index (κ2) is 7.13. The largest absolute Gasteiger partial charge is 0.391 e. The fourth-order valence-electron chi connectivity index (χ4n) is 1.41. The van der Waals surface area contributed by atoms with Crippen molar-refractivity contribution >= 4 is 11.6 Å². The van der Waals surface area contributed by atoms with E-state index in [4.69, 9.17) is 5.11 Å². The van der Waals surface area contributed by atoms with E-state index < -0.39 is 4.92 Å². The van der Waals surface area contributed by atoms with Crippen LogP contribution in [0, 0.1) is 22.0 Å². The Balaban J connectivity index is 2.74. The van der Waals surface area contributed by atoms with Crippen molar-refractivity contribution in [1.82, 2.24) is 5.32 Å². The van der Waals surface area contributed by atoms with Gasteiger partial charge in [0.05, 0.1) is 17.1 Å². The number of hydrogen-bond donors (Lipinski definition) is 2. The summed E-state index contributed by atoms with van der Waals surface area (Å²) in [7, 11) is 0. The Morgan fingerprint density at radius 1 is 1.53 bits per heavy atom. The van der Waals surface area contributed by atoms with Crippen LogP contribution in [0.15, 0.2) is 18.2 Å². The molecule has 6 nitrogen and oxygen atoms in total. The third-order valence-electron chi connectivity index (χ3n) is 2.31. The summed E-state index contributed by atoms with van der Waals surface area (Å²) in [5, 5.41) is 22.4. The molecule has 1 aromatic rings. The summed E-state index contributed by atoms with van der Waals surface area (Å²) in [5.41, 5.74) is 0.622. The summed E-state index contributed by atoms with van der Waals surface area (Å²) in [6, 6.07) is 4.43. The van der Waals surface area contributed by atoms with Crippen LogP contribution >= 0.6 is 0 Å². The average Bonchev–Trinajstić information content (AvgIpc) is 2.37. The average molecular weight is 262 g/mol. The summed E-state index contributed by atoms with van der Waals surface area (Å²) in [6.45, 7) is 1.48. The van der Waals surface area contributed by atoms with Gasteiger partial charge in [-0.1, -0.05) is 11.8 Å². The number of aliphatic hydroxyl groups excluding tert-OH is 1. The van der Waals surface area contributed by atoms with Gasteiger partial charge in [-0.15, -0.1) is 0 Å². The Morgan fingerprint density at radius 2 is 2.26 bits per heavy atom. The lowest BCUT2D eigenvalue weighted by Crippen LogP contribution is -2.20. The van der Waals surface area contributed by atoms with Gasteiger partial charge in [-0.25, -0.2) is 0 Å². The summed E-state index contributed by atoms with van der Waals surface area (Å²) >= 11 is 0. The van der Waals surface area contributed by atoms with Crippen LogP contribution in [0.5, 0.6) is 0 Å². The number of nitrogens with one attached hydrogen (secondary N) is 1. The molecular weight excluding hydrogens is 248 g/mol. The first-order valence-electron chi connectivity index (χ1n) is 5.66. The Morgan fingerprint density at radius 3 is 2.84 bits per heavy atom. The van der Waals surface area contributed by atoms with Gasteiger partial charge < -0.3 is 10.4 Å². The zero-order valence-corrected chi connectivity index (χ0v) is 10.5. The molecule has 0 spiro atoms. The van der Waals surface area contributed by atoms with Gasteiger partial charge in [0, 0.05) is 31.5 Å². The third kappa shape index (κ3) is 4.77. The van der Waals surface area contributed by atoms with Crippen LogP contribution < -0.4 is 5.32 Å². The van der Waals surface area contributed by atoms with E-state index in [2.05, 4.69) is 17.2 Å². The van der Waals surface area contributed by atoms with Crippen LogP contribution in [0.4, 0.5) is 5.69 Å². The first-order chi connectivity index (χ1) is 9.04. The van der Waals surface area contributed by atoms with E-state index in [1.165, 1.54) is 19.1 Å². The number of rotatable bonds is 4. The van der Waals surface area contributed by atoms with Gasteiger partial charge in [0.2, 0.25) is 5.91 Å². The zero-order chi connectivity index (χ0) is 14.3. The first kappa shape index (κ1) is 14.7. The van der Waals surface area contributed by atoms with Gasteiger partial charge in [0.1, 0.15) is 0 Å². The zero-order valence-electron chi connectivity index (χ0n) is 10.5. The highest BCUT2D eigenvalue weighted by atomic mass is 16.6. The van der Waals surface area contributed by atoms with Crippen molar-refractivity contribution in [1.29, 1.82) is 0 Å². The van der Waals surface area contributed by atoms with Crippen molar-refractivity contribution in [3.05, 3.63) is 39.4 Å². The minimum Gasteiger partial charge on any atom is -0.391 e. The topological polar surface area (TPSA) is 92.5 Å². The molecule has 0 radical (unpaired) electrons. The number of carbonyl (C=O) groups excluding carboxylic acids is 1. The summed E-state index contributed by atoms with van der Waals surface area (Å²) in [5.74, 6) is 5.47. The molecule has 0 bridgehead atoms. The van der Waals surface area contributed by atoms with E-state index in [0.717, 1.165) is 0 Å². The molecule has 0 fully saturated rings. The Kier molecular flexibility index (Phi) is 5.51. The highest BCUT2D eigenvalue weighted by Crippen LogP contribution is 2.19. The second-order valence-corrected chi connectivity index (χ2v) is 3.79. The quantitative estimate of drug-likeness (QED) is 0.366. The van der Waals surface area contributed by atoms with Gasteiger partial charge >= 0.3 is 0 Å². The fourth-order valence-corrected chi connectivity index (χ4v) is 1.41. The predicted molar refractivity (Wildman–Crippen MR) is 69.2 cm³/mol. The van der Waals surface area contributed by atoms with Crippen molar-refractivity contribution in [2.75, 3.05) is 6.54 Å². The smallest absolute Gasteiger partial charge is 0.276 e. The molecule has 1 rings (SSSR count). The van der Waals surface area contributed by atoms with Crippen LogP contribution in [-0.4, -0.2) is 22.5 Å². The van der Waals surface area contributed by atoms with Gasteiger partial charge in [0.15, 0.2) is 0 Å². The van der Waals surface area contributed by atoms with Gasteiger partial charge in [-0.2, -0.15) is 0 Å². The highest BCUT2D eigenvalue weighted by Gasteiger charge is 2.12. The van der Waals surface area contributed by atoms with Crippen molar-refractivity contribution in [3.8, 4) is 11.8 Å². The Hall–Kier alpha value is -2.39. The molecule has 0 aliphatic carbocycles. The van der Waals surface area contributed by atoms with Gasteiger partial charge in [-0.3, -0.25) is 14.9 Å². The molecule has 0 heterocycles. The van der Waals surface area contributed by atoms with Crippen LogP contribution in [0.25, 0.3) is 0 Å². The number of amides is 1. The standard InChI is InChI=1S/C13H14N2O4/c1-10(17)14-7-3-2-4-11-5-6-12(9-16)13(8-11)15(18)19/h5-6,8,16H,3,7,9H2,1H3,(H,14,17). The van der Waals surface area contributed by atoms with Crippen LogP contribution in [0.2, 0.25) is 0 Å². The first-order valence-corrected chi connectivity index (χ1v) is 5.66. The second-order valence-electron chi connectivity index (χ2n) is 3.79. The molecule has 0 aliphatic heterocycles. The maximum Gasteiger partial charge on any atom is 0.276 e. The molecule has 0 saturated heterocycles. The van der Waals surface area contributed by atoms with E-state index in [1.54, 1.807) is 6.07 Å². The number of carbonyl (C=O) groups is 1. The normalized spacial score (nSPS) is 9.37. The van der Waals surface area contributed by atoms with E-state index in [0.29, 0.717) is 18.5 Å². The van der Waals surface area contributed by atoms with E-state index in [1.807, 2.05) is 0 Å². The van der Waals surface area contributed by atoms with Gasteiger partial charge in [0.25, 0.3) is 5.69 Å². The molecule has 1 amide bonds.